The molecule has 2 aliphatic rings. The van der Waals surface area contributed by atoms with E-state index in [1.165, 1.54) is 0 Å². The fourth-order valence-electron chi connectivity index (χ4n) is 3.16. The van der Waals surface area contributed by atoms with Crippen molar-refractivity contribution in [3.8, 4) is 11.5 Å². The minimum Gasteiger partial charge on any atom is -0.454 e. The lowest BCUT2D eigenvalue weighted by atomic mass is 9.99. The quantitative estimate of drug-likeness (QED) is 0.910. The molecule has 7 heteroatoms. The molecule has 0 unspecified atom stereocenters. The first-order chi connectivity index (χ1) is 12.7. The van der Waals surface area contributed by atoms with Crippen LogP contribution in [0, 0.1) is 5.92 Å². The van der Waals surface area contributed by atoms with Crippen LogP contribution in [0.4, 0.5) is 5.82 Å². The number of carbonyl (C=O) groups is 1. The van der Waals surface area contributed by atoms with Crippen LogP contribution in [0.25, 0.3) is 0 Å². The second-order valence-corrected chi connectivity index (χ2v) is 6.82. The number of benzene rings is 1. The maximum Gasteiger partial charge on any atom is 0.274 e. The van der Waals surface area contributed by atoms with Gasteiger partial charge in [-0.3, -0.25) is 4.79 Å². The van der Waals surface area contributed by atoms with E-state index in [2.05, 4.69) is 22.4 Å². The third-order valence-corrected chi connectivity index (χ3v) is 4.87. The summed E-state index contributed by atoms with van der Waals surface area (Å²) >= 11 is 0. The van der Waals surface area contributed by atoms with Crippen LogP contribution in [-0.4, -0.2) is 40.9 Å². The number of anilines is 1. The van der Waals surface area contributed by atoms with Gasteiger partial charge in [-0.2, -0.15) is 0 Å². The van der Waals surface area contributed by atoms with E-state index in [0.29, 0.717) is 24.0 Å². The lowest BCUT2D eigenvalue weighted by Crippen LogP contribution is -2.38. The van der Waals surface area contributed by atoms with Gasteiger partial charge in [0.2, 0.25) is 6.79 Å². The summed E-state index contributed by atoms with van der Waals surface area (Å²) in [6.45, 7) is 4.67. The molecule has 2 aliphatic heterocycles. The van der Waals surface area contributed by atoms with Gasteiger partial charge in [-0.1, -0.05) is 13.0 Å². The van der Waals surface area contributed by atoms with Crippen LogP contribution in [0.1, 0.15) is 35.8 Å². The van der Waals surface area contributed by atoms with Gasteiger partial charge in [0, 0.05) is 19.6 Å². The van der Waals surface area contributed by atoms with Crippen LogP contribution in [0.2, 0.25) is 0 Å². The topological polar surface area (TPSA) is 76.6 Å². The lowest BCUT2D eigenvalue weighted by molar-refractivity contribution is 0.0690. The van der Waals surface area contributed by atoms with Crippen LogP contribution in [-0.2, 0) is 6.54 Å². The Bertz CT molecular complexity index is 786. The van der Waals surface area contributed by atoms with Gasteiger partial charge in [0.25, 0.3) is 5.91 Å². The van der Waals surface area contributed by atoms with Gasteiger partial charge in [-0.05, 0) is 48.6 Å². The number of fused-ring (bicyclic) bond motifs is 1. The number of rotatable bonds is 4. The van der Waals surface area contributed by atoms with Crippen LogP contribution in [0.5, 0.6) is 11.5 Å². The van der Waals surface area contributed by atoms with Gasteiger partial charge in [0.1, 0.15) is 5.82 Å². The molecule has 26 heavy (non-hydrogen) atoms. The summed E-state index contributed by atoms with van der Waals surface area (Å²) in [5.41, 5.74) is 1.45. The van der Waals surface area contributed by atoms with E-state index in [9.17, 15) is 4.79 Å². The molecule has 3 heterocycles. The molecule has 0 bridgehead atoms. The largest absolute Gasteiger partial charge is 0.454 e. The second-order valence-electron chi connectivity index (χ2n) is 6.82. The van der Waals surface area contributed by atoms with Crippen molar-refractivity contribution in [2.45, 2.75) is 26.3 Å². The number of hydrogen-bond donors (Lipinski definition) is 1. The molecule has 0 saturated carbocycles. The molecule has 0 radical (unpaired) electrons. The molecule has 1 amide bonds. The van der Waals surface area contributed by atoms with Crippen LogP contribution < -0.4 is 14.8 Å². The van der Waals surface area contributed by atoms with Gasteiger partial charge < -0.3 is 19.7 Å². The summed E-state index contributed by atoms with van der Waals surface area (Å²) < 4.78 is 10.7. The molecule has 0 spiro atoms. The molecular weight excluding hydrogens is 332 g/mol. The Morgan fingerprint density at radius 2 is 1.96 bits per heavy atom. The molecule has 0 atom stereocenters. The first-order valence-corrected chi connectivity index (χ1v) is 8.94. The monoisotopic (exact) mass is 354 g/mol. The number of hydrogen-bond acceptors (Lipinski definition) is 6. The average molecular weight is 354 g/mol. The standard InChI is InChI=1S/C19H22N4O3/c1-13-6-8-23(9-7-13)19(24)15-3-5-18(22-21-15)20-11-14-2-4-16-17(10-14)26-12-25-16/h2-5,10,13H,6-9,11-12H2,1H3,(H,20,22). The highest BCUT2D eigenvalue weighted by molar-refractivity contribution is 5.92. The van der Waals surface area contributed by atoms with E-state index in [4.69, 9.17) is 9.47 Å². The van der Waals surface area contributed by atoms with Gasteiger partial charge in [0.15, 0.2) is 17.2 Å². The van der Waals surface area contributed by atoms with E-state index in [-0.39, 0.29) is 12.7 Å². The minimum atomic E-state index is -0.0354. The van der Waals surface area contributed by atoms with Crippen molar-refractivity contribution < 1.29 is 14.3 Å². The molecule has 1 N–H and O–H groups in total. The van der Waals surface area contributed by atoms with Crippen LogP contribution >= 0.6 is 0 Å². The molecule has 1 aromatic carbocycles. The summed E-state index contributed by atoms with van der Waals surface area (Å²) in [6, 6.07) is 9.34. The first kappa shape index (κ1) is 16.6. The molecular formula is C19H22N4O3. The summed E-state index contributed by atoms with van der Waals surface area (Å²) in [5.74, 6) is 2.81. The van der Waals surface area contributed by atoms with Crippen molar-refractivity contribution in [3.05, 3.63) is 41.6 Å². The fourth-order valence-corrected chi connectivity index (χ4v) is 3.16. The molecule has 136 valence electrons. The van der Waals surface area contributed by atoms with Crippen molar-refractivity contribution in [2.24, 2.45) is 5.92 Å². The molecule has 1 saturated heterocycles. The number of likely N-dealkylation sites (tertiary alicyclic amines) is 1. The van der Waals surface area contributed by atoms with Crippen molar-refractivity contribution in [1.82, 2.24) is 15.1 Å². The number of amides is 1. The van der Waals surface area contributed by atoms with E-state index in [1.807, 2.05) is 23.1 Å². The van der Waals surface area contributed by atoms with E-state index in [0.717, 1.165) is 43.0 Å². The Balaban J connectivity index is 1.35. The molecule has 1 fully saturated rings. The predicted molar refractivity (Wildman–Crippen MR) is 96.2 cm³/mol. The van der Waals surface area contributed by atoms with Crippen LogP contribution in [0.15, 0.2) is 30.3 Å². The number of nitrogens with zero attached hydrogens (tertiary/aromatic N) is 3. The highest BCUT2D eigenvalue weighted by Crippen LogP contribution is 2.32. The summed E-state index contributed by atoms with van der Waals surface area (Å²) in [7, 11) is 0. The van der Waals surface area contributed by atoms with Crippen LogP contribution in [0.3, 0.4) is 0 Å². The number of ether oxygens (including phenoxy) is 2. The van der Waals surface area contributed by atoms with Gasteiger partial charge >= 0.3 is 0 Å². The van der Waals surface area contributed by atoms with Crippen molar-refractivity contribution in [2.75, 3.05) is 25.2 Å². The maximum absolute atomic E-state index is 12.5. The Morgan fingerprint density at radius 3 is 2.73 bits per heavy atom. The van der Waals surface area contributed by atoms with Crippen molar-refractivity contribution >= 4 is 11.7 Å². The van der Waals surface area contributed by atoms with E-state index < -0.39 is 0 Å². The fraction of sp³-hybridized carbons (Fsp3) is 0.421. The van der Waals surface area contributed by atoms with Gasteiger partial charge in [0.05, 0.1) is 0 Å². The highest BCUT2D eigenvalue weighted by Gasteiger charge is 2.22. The summed E-state index contributed by atoms with van der Waals surface area (Å²) in [6.07, 6.45) is 2.10. The number of nitrogens with one attached hydrogen (secondary N) is 1. The Morgan fingerprint density at radius 1 is 1.15 bits per heavy atom. The third kappa shape index (κ3) is 3.56. The SMILES string of the molecule is CC1CCN(C(=O)c2ccc(NCc3ccc4c(c3)OCO4)nn2)CC1. The summed E-state index contributed by atoms with van der Waals surface area (Å²) in [5, 5.41) is 11.4. The Labute approximate surface area is 152 Å². The zero-order valence-corrected chi connectivity index (χ0v) is 14.8. The van der Waals surface area contributed by atoms with Gasteiger partial charge in [-0.15, -0.1) is 10.2 Å². The summed E-state index contributed by atoms with van der Waals surface area (Å²) in [4.78, 5) is 14.3. The predicted octanol–water partition coefficient (Wildman–Crippen LogP) is 2.69. The molecule has 1 aromatic heterocycles. The molecule has 4 rings (SSSR count). The molecule has 7 nitrogen and oxygen atoms in total. The van der Waals surface area contributed by atoms with Crippen molar-refractivity contribution in [3.63, 3.8) is 0 Å². The minimum absolute atomic E-state index is 0.0354. The van der Waals surface area contributed by atoms with E-state index >= 15 is 0 Å². The number of carbonyl (C=O) groups excluding carboxylic acids is 1. The zero-order valence-electron chi connectivity index (χ0n) is 14.8. The van der Waals surface area contributed by atoms with Gasteiger partial charge in [-0.25, -0.2) is 0 Å². The second kappa shape index (κ2) is 7.19. The average Bonchev–Trinajstić information content (AvgIpc) is 3.15. The number of piperidine rings is 1. The lowest BCUT2D eigenvalue weighted by Gasteiger charge is -2.29. The smallest absolute Gasteiger partial charge is 0.274 e. The molecule has 0 aliphatic carbocycles. The number of aromatic nitrogens is 2. The van der Waals surface area contributed by atoms with E-state index in [1.54, 1.807) is 12.1 Å². The Kier molecular flexibility index (Phi) is 4.60. The normalized spacial score (nSPS) is 16.6. The maximum atomic E-state index is 12.5. The third-order valence-electron chi connectivity index (χ3n) is 4.87. The first-order valence-electron chi connectivity index (χ1n) is 8.94. The highest BCUT2D eigenvalue weighted by atomic mass is 16.7. The molecule has 2 aromatic rings. The zero-order chi connectivity index (χ0) is 17.9. The Hall–Kier alpha value is -2.83. The van der Waals surface area contributed by atoms with Crippen molar-refractivity contribution in [1.29, 1.82) is 0 Å².